The lowest BCUT2D eigenvalue weighted by Gasteiger charge is -2.40. The van der Waals surface area contributed by atoms with Gasteiger partial charge in [-0.2, -0.15) is 0 Å². The molecule has 0 bridgehead atoms. The number of aliphatic hydroxyl groups is 1. The average Bonchev–Trinajstić information content (AvgIpc) is 2.16. The van der Waals surface area contributed by atoms with Gasteiger partial charge in [-0.1, -0.05) is 19.8 Å². The van der Waals surface area contributed by atoms with Gasteiger partial charge in [0.2, 0.25) is 0 Å². The largest absolute Gasteiger partial charge is 0.385 e. The lowest BCUT2D eigenvalue weighted by atomic mass is 9.67. The predicted octanol–water partition coefficient (Wildman–Crippen LogP) is 0.701. The maximum absolute atomic E-state index is 10.6. The Balaban J connectivity index is 2.72. The van der Waals surface area contributed by atoms with Crippen molar-refractivity contribution in [3.05, 3.63) is 0 Å². The molecular formula is C10H19NO2. The highest BCUT2D eigenvalue weighted by atomic mass is 16.3. The maximum atomic E-state index is 10.6. The Morgan fingerprint density at radius 3 is 2.92 bits per heavy atom. The van der Waals surface area contributed by atoms with Crippen LogP contribution in [0.1, 0.15) is 32.6 Å². The van der Waals surface area contributed by atoms with Crippen LogP contribution in [0.3, 0.4) is 0 Å². The quantitative estimate of drug-likeness (QED) is 0.636. The van der Waals surface area contributed by atoms with Gasteiger partial charge in [-0.25, -0.2) is 0 Å². The molecule has 1 aliphatic carbocycles. The zero-order valence-electron chi connectivity index (χ0n) is 8.20. The SMILES string of the molecule is CC1CCCC(CN)(C(O)C=O)C1. The number of carbonyl (C=O) groups is 1. The van der Waals surface area contributed by atoms with Crippen LogP contribution >= 0.6 is 0 Å². The van der Waals surface area contributed by atoms with Gasteiger partial charge in [0.1, 0.15) is 12.4 Å². The molecule has 1 rings (SSSR count). The first-order valence-corrected chi connectivity index (χ1v) is 4.98. The van der Waals surface area contributed by atoms with E-state index in [9.17, 15) is 9.90 Å². The number of hydrogen-bond acceptors (Lipinski definition) is 3. The minimum Gasteiger partial charge on any atom is -0.385 e. The Morgan fingerprint density at radius 1 is 1.77 bits per heavy atom. The van der Waals surface area contributed by atoms with Crippen LogP contribution in [-0.4, -0.2) is 24.0 Å². The summed E-state index contributed by atoms with van der Waals surface area (Å²) < 4.78 is 0. The van der Waals surface area contributed by atoms with E-state index in [0.29, 0.717) is 18.7 Å². The zero-order chi connectivity index (χ0) is 9.90. The minimum absolute atomic E-state index is 0.334. The van der Waals surface area contributed by atoms with E-state index in [0.717, 1.165) is 19.3 Å². The van der Waals surface area contributed by atoms with Gasteiger partial charge >= 0.3 is 0 Å². The molecule has 0 aromatic carbocycles. The number of carbonyl (C=O) groups excluding carboxylic acids is 1. The third-order valence-electron chi connectivity index (χ3n) is 3.29. The van der Waals surface area contributed by atoms with E-state index in [1.54, 1.807) is 0 Å². The molecule has 1 aliphatic rings. The normalized spacial score (nSPS) is 37.0. The van der Waals surface area contributed by atoms with Crippen molar-refractivity contribution in [2.24, 2.45) is 17.1 Å². The van der Waals surface area contributed by atoms with E-state index in [2.05, 4.69) is 6.92 Å². The third-order valence-corrected chi connectivity index (χ3v) is 3.29. The van der Waals surface area contributed by atoms with Crippen molar-refractivity contribution in [1.29, 1.82) is 0 Å². The van der Waals surface area contributed by atoms with Gasteiger partial charge < -0.3 is 15.6 Å². The molecule has 0 aliphatic heterocycles. The van der Waals surface area contributed by atoms with Crippen LogP contribution in [0.4, 0.5) is 0 Å². The molecule has 3 nitrogen and oxygen atoms in total. The van der Waals surface area contributed by atoms with Crippen LogP contribution in [0.2, 0.25) is 0 Å². The molecule has 76 valence electrons. The van der Waals surface area contributed by atoms with Crippen molar-refractivity contribution in [2.75, 3.05) is 6.54 Å². The van der Waals surface area contributed by atoms with Gasteiger partial charge in [-0.05, 0) is 18.8 Å². The first-order valence-electron chi connectivity index (χ1n) is 4.98. The standard InChI is InChI=1S/C10H19NO2/c1-8-3-2-4-10(5-8,7-11)9(13)6-12/h6,8-9,13H,2-5,7,11H2,1H3. The monoisotopic (exact) mass is 185 g/mol. The average molecular weight is 185 g/mol. The molecule has 3 atom stereocenters. The molecular weight excluding hydrogens is 166 g/mol. The van der Waals surface area contributed by atoms with Crippen molar-refractivity contribution >= 4 is 6.29 Å². The lowest BCUT2D eigenvalue weighted by Crippen LogP contribution is -2.45. The van der Waals surface area contributed by atoms with Crippen LogP contribution in [0.15, 0.2) is 0 Å². The molecule has 3 unspecified atom stereocenters. The van der Waals surface area contributed by atoms with Crippen molar-refractivity contribution in [1.82, 2.24) is 0 Å². The fourth-order valence-corrected chi connectivity index (χ4v) is 2.42. The third kappa shape index (κ3) is 2.09. The van der Waals surface area contributed by atoms with E-state index < -0.39 is 6.10 Å². The van der Waals surface area contributed by atoms with Gasteiger partial charge in [0.25, 0.3) is 0 Å². The molecule has 0 aromatic rings. The first kappa shape index (κ1) is 10.7. The Hall–Kier alpha value is -0.410. The molecule has 0 spiro atoms. The van der Waals surface area contributed by atoms with E-state index in [4.69, 9.17) is 5.73 Å². The summed E-state index contributed by atoms with van der Waals surface area (Å²) in [5.41, 5.74) is 5.32. The predicted molar refractivity (Wildman–Crippen MR) is 51.2 cm³/mol. The molecule has 1 saturated carbocycles. The highest BCUT2D eigenvalue weighted by Crippen LogP contribution is 2.40. The molecule has 13 heavy (non-hydrogen) atoms. The number of nitrogens with two attached hydrogens (primary N) is 1. The van der Waals surface area contributed by atoms with Crippen LogP contribution in [0.5, 0.6) is 0 Å². The molecule has 1 fully saturated rings. The maximum Gasteiger partial charge on any atom is 0.149 e. The highest BCUT2D eigenvalue weighted by molar-refractivity contribution is 5.57. The van der Waals surface area contributed by atoms with Crippen molar-refractivity contribution < 1.29 is 9.90 Å². The molecule has 0 amide bonds. The van der Waals surface area contributed by atoms with Crippen molar-refractivity contribution in [3.63, 3.8) is 0 Å². The Bertz CT molecular complexity index is 184. The molecule has 3 heteroatoms. The summed E-state index contributed by atoms with van der Waals surface area (Å²) in [5, 5.41) is 9.60. The number of aliphatic hydroxyl groups excluding tert-OH is 1. The van der Waals surface area contributed by atoms with Crippen LogP contribution in [-0.2, 0) is 4.79 Å². The summed E-state index contributed by atoms with van der Waals surface area (Å²) in [5.74, 6) is 0.576. The topological polar surface area (TPSA) is 63.3 Å². The fourth-order valence-electron chi connectivity index (χ4n) is 2.42. The van der Waals surface area contributed by atoms with Crippen LogP contribution < -0.4 is 5.73 Å². The van der Waals surface area contributed by atoms with E-state index in [1.807, 2.05) is 0 Å². The Kier molecular flexibility index (Phi) is 3.45. The number of hydrogen-bond donors (Lipinski definition) is 2. The summed E-state index contributed by atoms with van der Waals surface area (Å²) in [7, 11) is 0. The highest BCUT2D eigenvalue weighted by Gasteiger charge is 2.39. The Morgan fingerprint density at radius 2 is 2.46 bits per heavy atom. The summed E-state index contributed by atoms with van der Waals surface area (Å²) in [6.45, 7) is 2.57. The fraction of sp³-hybridized carbons (Fsp3) is 0.900. The second-order valence-corrected chi connectivity index (χ2v) is 4.35. The lowest BCUT2D eigenvalue weighted by molar-refractivity contribution is -0.123. The van der Waals surface area contributed by atoms with E-state index >= 15 is 0 Å². The summed E-state index contributed by atoms with van der Waals surface area (Å²) >= 11 is 0. The molecule has 0 heterocycles. The zero-order valence-corrected chi connectivity index (χ0v) is 8.20. The van der Waals surface area contributed by atoms with Crippen molar-refractivity contribution in [2.45, 2.75) is 38.7 Å². The van der Waals surface area contributed by atoms with Gasteiger partial charge in [0.15, 0.2) is 0 Å². The second kappa shape index (κ2) is 4.20. The van der Waals surface area contributed by atoms with Gasteiger partial charge in [0.05, 0.1) is 0 Å². The summed E-state index contributed by atoms with van der Waals surface area (Å²) in [6, 6.07) is 0. The molecule has 0 aromatic heterocycles. The minimum atomic E-state index is -0.875. The first-order chi connectivity index (χ1) is 6.14. The number of rotatable bonds is 3. The van der Waals surface area contributed by atoms with E-state index in [1.165, 1.54) is 6.42 Å². The molecule has 0 saturated heterocycles. The van der Waals surface area contributed by atoms with Gasteiger partial charge in [-0.3, -0.25) is 0 Å². The summed E-state index contributed by atoms with van der Waals surface area (Å²) in [4.78, 5) is 10.6. The molecule has 0 radical (unpaired) electrons. The van der Waals surface area contributed by atoms with Gasteiger partial charge in [0, 0.05) is 12.0 Å². The van der Waals surface area contributed by atoms with E-state index in [-0.39, 0.29) is 5.41 Å². The Labute approximate surface area is 79.3 Å². The second-order valence-electron chi connectivity index (χ2n) is 4.35. The van der Waals surface area contributed by atoms with Gasteiger partial charge in [-0.15, -0.1) is 0 Å². The molecule has 3 N–H and O–H groups in total. The van der Waals surface area contributed by atoms with Crippen LogP contribution in [0, 0.1) is 11.3 Å². The smallest absolute Gasteiger partial charge is 0.149 e. The van der Waals surface area contributed by atoms with Crippen molar-refractivity contribution in [3.8, 4) is 0 Å². The number of aldehydes is 1. The van der Waals surface area contributed by atoms with Crippen LogP contribution in [0.25, 0.3) is 0 Å². The summed E-state index contributed by atoms with van der Waals surface area (Å²) in [6.07, 6.45) is 3.78.